The van der Waals surface area contributed by atoms with Crippen molar-refractivity contribution in [2.45, 2.75) is 93.2 Å². The smallest absolute Gasteiger partial charge is 0.377 e. The summed E-state index contributed by atoms with van der Waals surface area (Å²) >= 11 is 0. The van der Waals surface area contributed by atoms with Crippen LogP contribution in [0.1, 0.15) is 58.3 Å². The van der Waals surface area contributed by atoms with Crippen molar-refractivity contribution in [3.63, 3.8) is 0 Å². The van der Waals surface area contributed by atoms with E-state index in [0.717, 1.165) is 6.42 Å². The highest BCUT2D eigenvalue weighted by molar-refractivity contribution is 5.78. The molecule has 7 fully saturated rings. The summed E-state index contributed by atoms with van der Waals surface area (Å²) in [6.45, 7) is 0.126. The van der Waals surface area contributed by atoms with Crippen molar-refractivity contribution in [2.24, 2.45) is 23.7 Å². The predicted octanol–water partition coefficient (Wildman–Crippen LogP) is 1.90. The van der Waals surface area contributed by atoms with Crippen LogP contribution in [0.2, 0.25) is 0 Å². The van der Waals surface area contributed by atoms with Crippen LogP contribution in [0, 0.1) is 23.7 Å². The van der Waals surface area contributed by atoms with E-state index in [0.29, 0.717) is 32.6 Å². The Morgan fingerprint density at radius 1 is 1.15 bits per heavy atom. The molecule has 0 aromatic rings. The van der Waals surface area contributed by atoms with Gasteiger partial charge in [0.2, 0.25) is 0 Å². The Balaban J connectivity index is 1.13. The van der Waals surface area contributed by atoms with Gasteiger partial charge in [-0.3, -0.25) is 4.79 Å². The van der Waals surface area contributed by atoms with E-state index < -0.39 is 40.8 Å². The van der Waals surface area contributed by atoms with Gasteiger partial charge in [0.05, 0.1) is 17.1 Å². The monoisotopic (exact) mass is 470 g/mol. The largest absolute Gasteiger partial charge is 0.458 e. The topological polar surface area (TPSA) is 108 Å². The third-order valence-corrected chi connectivity index (χ3v) is 8.78. The Morgan fingerprint density at radius 3 is 2.61 bits per heavy atom. The molecule has 7 aliphatic rings. The minimum atomic E-state index is -3.63. The molecule has 9 unspecified atom stereocenters. The molecule has 1 saturated heterocycles. The molecule has 7 rings (SSSR count). The predicted molar refractivity (Wildman–Crippen MR) is 104 cm³/mol. The van der Waals surface area contributed by atoms with Crippen LogP contribution in [0.25, 0.3) is 0 Å². The quantitative estimate of drug-likeness (QED) is 0.463. The van der Waals surface area contributed by atoms with Crippen molar-refractivity contribution < 1.29 is 47.2 Å². The Kier molecular flexibility index (Phi) is 4.37. The normalized spacial score (nSPS) is 48.8. The highest BCUT2D eigenvalue weighted by Gasteiger charge is 2.67. The lowest BCUT2D eigenvalue weighted by molar-refractivity contribution is -0.279. The Bertz CT molecular complexity index is 919. The van der Waals surface area contributed by atoms with Crippen LogP contribution < -0.4 is 0 Å². The van der Waals surface area contributed by atoms with Gasteiger partial charge in [-0.05, 0) is 38.0 Å². The molecule has 0 amide bonds. The highest BCUT2D eigenvalue weighted by atomic mass is 19.3. The van der Waals surface area contributed by atoms with Gasteiger partial charge in [-0.25, -0.2) is 9.59 Å². The van der Waals surface area contributed by atoms with Crippen LogP contribution in [-0.4, -0.2) is 64.6 Å². The number of rotatable bonds is 6. The van der Waals surface area contributed by atoms with Gasteiger partial charge < -0.3 is 24.1 Å². The summed E-state index contributed by atoms with van der Waals surface area (Å²) in [5, 5.41) is 11.1. The molecule has 0 spiro atoms. The lowest BCUT2D eigenvalue weighted by Gasteiger charge is -2.63. The number of hydrogen-bond acceptors (Lipinski definition) is 8. The number of esters is 3. The SMILES string of the molecule is CC(F)(F)C(=O)OC12CC3CC(O)(CC(OCC(=O)OC4C5CC6C(=O)OC4C6C5)(C3)C1)C2. The number of aliphatic hydroxyl groups is 1. The van der Waals surface area contributed by atoms with Gasteiger partial charge in [0, 0.05) is 38.0 Å². The lowest BCUT2D eigenvalue weighted by Crippen LogP contribution is -2.68. The Morgan fingerprint density at radius 2 is 1.88 bits per heavy atom. The zero-order valence-electron chi connectivity index (χ0n) is 18.4. The molecular formula is C23H28F2O8. The molecule has 6 saturated carbocycles. The van der Waals surface area contributed by atoms with Crippen LogP contribution in [0.5, 0.6) is 0 Å². The van der Waals surface area contributed by atoms with Gasteiger partial charge in [0.15, 0.2) is 0 Å². The molecule has 0 aromatic heterocycles. The summed E-state index contributed by atoms with van der Waals surface area (Å²) < 4.78 is 49.5. The highest BCUT2D eigenvalue weighted by Crippen LogP contribution is 2.62. The van der Waals surface area contributed by atoms with Crippen molar-refractivity contribution >= 4 is 17.9 Å². The Labute approximate surface area is 189 Å². The molecule has 0 radical (unpaired) electrons. The summed E-state index contributed by atoms with van der Waals surface area (Å²) in [5.74, 6) is -5.93. The average molecular weight is 470 g/mol. The van der Waals surface area contributed by atoms with E-state index in [2.05, 4.69) is 0 Å². The second kappa shape index (κ2) is 6.65. The third kappa shape index (κ3) is 3.38. The van der Waals surface area contributed by atoms with Gasteiger partial charge in [0.1, 0.15) is 24.4 Å². The summed E-state index contributed by atoms with van der Waals surface area (Å²) in [4.78, 5) is 36.5. The summed E-state index contributed by atoms with van der Waals surface area (Å²) in [7, 11) is 0. The molecule has 9 atom stereocenters. The van der Waals surface area contributed by atoms with Crippen molar-refractivity contribution in [1.29, 1.82) is 0 Å². The molecule has 8 nitrogen and oxygen atoms in total. The lowest BCUT2D eigenvalue weighted by atomic mass is 9.50. The van der Waals surface area contributed by atoms with Crippen LogP contribution >= 0.6 is 0 Å². The van der Waals surface area contributed by atoms with Crippen LogP contribution in [0.3, 0.4) is 0 Å². The van der Waals surface area contributed by atoms with E-state index in [-0.39, 0.29) is 61.6 Å². The molecule has 6 aliphatic carbocycles. The van der Waals surface area contributed by atoms with E-state index in [1.807, 2.05) is 0 Å². The van der Waals surface area contributed by atoms with Gasteiger partial charge in [-0.2, -0.15) is 8.78 Å². The second-order valence-electron chi connectivity index (χ2n) is 11.5. The number of alkyl halides is 2. The maximum atomic E-state index is 13.5. The zero-order valence-corrected chi connectivity index (χ0v) is 18.4. The van der Waals surface area contributed by atoms with E-state index >= 15 is 0 Å². The molecular weight excluding hydrogens is 442 g/mol. The van der Waals surface area contributed by atoms with E-state index in [9.17, 15) is 28.3 Å². The number of fused-ring (bicyclic) bond motifs is 1. The number of carbonyl (C=O) groups is 3. The van der Waals surface area contributed by atoms with Gasteiger partial charge in [-0.1, -0.05) is 0 Å². The van der Waals surface area contributed by atoms with Crippen molar-refractivity contribution in [3.05, 3.63) is 0 Å². The van der Waals surface area contributed by atoms with Crippen molar-refractivity contribution in [1.82, 2.24) is 0 Å². The molecule has 1 aliphatic heterocycles. The first-order valence-electron chi connectivity index (χ1n) is 11.8. The van der Waals surface area contributed by atoms with Gasteiger partial charge in [-0.15, -0.1) is 0 Å². The summed E-state index contributed by atoms with van der Waals surface area (Å²) in [5.41, 5.74) is -3.37. The first kappa shape index (κ1) is 21.7. The number of hydrogen-bond donors (Lipinski definition) is 1. The fourth-order valence-electron chi connectivity index (χ4n) is 8.24. The van der Waals surface area contributed by atoms with E-state index in [4.69, 9.17) is 18.9 Å². The average Bonchev–Trinajstić information content (AvgIpc) is 3.28. The number of halogens is 2. The Hall–Kier alpha value is -1.81. The standard InChI is InChI=1S/C23H28F2O8/c1-20(24,25)19(28)33-23-6-11-4-21(29,9-23)8-22(5-11,10-23)30-7-15(26)31-16-12-2-13-14(3-12)18(27)32-17(13)16/h11-14,16-17,29H,2-10H2,1H3. The first-order valence-corrected chi connectivity index (χ1v) is 11.8. The molecule has 10 heteroatoms. The van der Waals surface area contributed by atoms with Crippen LogP contribution in [-0.2, 0) is 33.3 Å². The minimum Gasteiger partial charge on any atom is -0.458 e. The maximum Gasteiger partial charge on any atom is 0.377 e. The fraction of sp³-hybridized carbons (Fsp3) is 0.870. The molecule has 1 heterocycles. The second-order valence-corrected chi connectivity index (χ2v) is 11.5. The summed E-state index contributed by atoms with van der Waals surface area (Å²) in [6, 6.07) is 0. The van der Waals surface area contributed by atoms with E-state index in [1.165, 1.54) is 0 Å². The first-order chi connectivity index (χ1) is 15.4. The van der Waals surface area contributed by atoms with Crippen LogP contribution in [0.4, 0.5) is 8.78 Å². The van der Waals surface area contributed by atoms with Crippen molar-refractivity contribution in [3.8, 4) is 0 Å². The molecule has 1 N–H and O–H groups in total. The third-order valence-electron chi connectivity index (χ3n) is 8.78. The van der Waals surface area contributed by atoms with Gasteiger partial charge in [0.25, 0.3) is 0 Å². The van der Waals surface area contributed by atoms with E-state index in [1.54, 1.807) is 0 Å². The maximum absolute atomic E-state index is 13.5. The fourth-order valence-corrected chi connectivity index (χ4v) is 8.24. The molecule has 6 bridgehead atoms. The van der Waals surface area contributed by atoms with Crippen LogP contribution in [0.15, 0.2) is 0 Å². The zero-order chi connectivity index (χ0) is 23.4. The van der Waals surface area contributed by atoms with Gasteiger partial charge >= 0.3 is 23.8 Å². The molecule has 182 valence electrons. The summed E-state index contributed by atoms with van der Waals surface area (Å²) in [6.07, 6.45) is 2.58. The minimum absolute atomic E-state index is 0.0547. The van der Waals surface area contributed by atoms with Crippen molar-refractivity contribution in [2.75, 3.05) is 6.61 Å². The number of carbonyl (C=O) groups excluding carboxylic acids is 3. The molecule has 33 heavy (non-hydrogen) atoms. The number of ether oxygens (including phenoxy) is 4. The molecule has 0 aromatic carbocycles.